The van der Waals surface area contributed by atoms with E-state index < -0.39 is 0 Å². The van der Waals surface area contributed by atoms with E-state index in [1.54, 1.807) is 6.26 Å². The number of carbonyl (C=O) groups excluding carboxylic acids is 1. The van der Waals surface area contributed by atoms with Crippen molar-refractivity contribution >= 4 is 11.4 Å². The number of rotatable bonds is 1. The summed E-state index contributed by atoms with van der Waals surface area (Å²) < 4.78 is 11.8. The van der Waals surface area contributed by atoms with Crippen LogP contribution in [-0.4, -0.2) is 28.7 Å². The van der Waals surface area contributed by atoms with Crippen molar-refractivity contribution in [1.29, 1.82) is 0 Å². The van der Waals surface area contributed by atoms with Crippen LogP contribution in [0.2, 0.25) is 0 Å². The number of hydrogen-bond donors (Lipinski definition) is 1. The molecule has 4 rings (SSSR count). The lowest BCUT2D eigenvalue weighted by atomic mass is 9.77. The van der Waals surface area contributed by atoms with E-state index in [0.717, 1.165) is 29.7 Å². The molecule has 1 aromatic carbocycles. The van der Waals surface area contributed by atoms with Crippen molar-refractivity contribution in [3.05, 3.63) is 35.6 Å². The minimum Gasteiger partial charge on any atom is -0.496 e. The number of carbonyl (C=O) groups is 1. The average Bonchev–Trinajstić information content (AvgIpc) is 2.54. The van der Waals surface area contributed by atoms with Gasteiger partial charge in [0.05, 0.1) is 23.9 Å². The van der Waals surface area contributed by atoms with Crippen LogP contribution < -0.4 is 4.74 Å². The Kier molecular flexibility index (Phi) is 3.68. The molecular weight excluding hydrogens is 304 g/mol. The highest BCUT2D eigenvalue weighted by Crippen LogP contribution is 2.39. The molecule has 1 fully saturated rings. The van der Waals surface area contributed by atoms with E-state index in [0.29, 0.717) is 24.8 Å². The molecule has 0 spiro atoms. The molecule has 3 atom stereocenters. The molecule has 3 unspecified atom stereocenters. The summed E-state index contributed by atoms with van der Waals surface area (Å²) in [6.45, 7) is 4.20. The van der Waals surface area contributed by atoms with Crippen molar-refractivity contribution in [2.75, 3.05) is 0 Å². The second-order valence-electron chi connectivity index (χ2n) is 7.83. The SMILES string of the molecule is CC1(C)CCc2cc(C3=COC4CC(O)CCC4C3=O)ccc2O1. The maximum absolute atomic E-state index is 12.9. The van der Waals surface area contributed by atoms with Crippen LogP contribution in [0, 0.1) is 5.92 Å². The Morgan fingerprint density at radius 2 is 2.08 bits per heavy atom. The molecule has 1 N–H and O–H groups in total. The maximum Gasteiger partial charge on any atom is 0.173 e. The molecule has 0 aromatic heterocycles. The summed E-state index contributed by atoms with van der Waals surface area (Å²) in [5, 5.41) is 9.77. The number of hydrogen-bond acceptors (Lipinski definition) is 4. The van der Waals surface area contributed by atoms with E-state index >= 15 is 0 Å². The fourth-order valence-corrected chi connectivity index (χ4v) is 4.01. The lowest BCUT2D eigenvalue weighted by molar-refractivity contribution is -0.126. The van der Waals surface area contributed by atoms with Gasteiger partial charge in [0.1, 0.15) is 17.5 Å². The van der Waals surface area contributed by atoms with Crippen molar-refractivity contribution in [2.45, 2.75) is 63.8 Å². The van der Waals surface area contributed by atoms with Crippen LogP contribution in [-0.2, 0) is 16.0 Å². The van der Waals surface area contributed by atoms with Gasteiger partial charge >= 0.3 is 0 Å². The highest BCUT2D eigenvalue weighted by Gasteiger charge is 2.40. The first kappa shape index (κ1) is 15.7. The van der Waals surface area contributed by atoms with E-state index in [-0.39, 0.29) is 29.5 Å². The summed E-state index contributed by atoms with van der Waals surface area (Å²) in [4.78, 5) is 12.9. The summed E-state index contributed by atoms with van der Waals surface area (Å²) >= 11 is 0. The second-order valence-corrected chi connectivity index (χ2v) is 7.83. The number of aliphatic hydroxyl groups excluding tert-OH is 1. The van der Waals surface area contributed by atoms with Gasteiger partial charge in [0, 0.05) is 6.42 Å². The van der Waals surface area contributed by atoms with Crippen LogP contribution in [0.4, 0.5) is 0 Å². The molecule has 0 radical (unpaired) electrons. The first-order valence-corrected chi connectivity index (χ1v) is 8.83. The van der Waals surface area contributed by atoms with Crippen molar-refractivity contribution < 1.29 is 19.4 Å². The molecular formula is C20H24O4. The lowest BCUT2D eigenvalue weighted by Crippen LogP contribution is -2.40. The molecule has 4 nitrogen and oxygen atoms in total. The number of ketones is 1. The van der Waals surface area contributed by atoms with Gasteiger partial charge in [0.15, 0.2) is 5.78 Å². The standard InChI is InChI=1S/C20H24O4/c1-20(2)8-7-13-9-12(3-6-17(13)24-20)16-11-23-18-10-14(21)4-5-15(18)19(16)22/h3,6,9,11,14-15,18,21H,4-5,7-8,10H2,1-2H3. The minimum absolute atomic E-state index is 0.125. The summed E-state index contributed by atoms with van der Waals surface area (Å²) in [7, 11) is 0. The Morgan fingerprint density at radius 3 is 2.92 bits per heavy atom. The van der Waals surface area contributed by atoms with Crippen LogP contribution >= 0.6 is 0 Å². The quantitative estimate of drug-likeness (QED) is 0.860. The summed E-state index contributed by atoms with van der Waals surface area (Å²) in [5.74, 6) is 0.938. The van der Waals surface area contributed by atoms with Gasteiger partial charge in [0.25, 0.3) is 0 Å². The monoisotopic (exact) mass is 328 g/mol. The van der Waals surface area contributed by atoms with Crippen LogP contribution in [0.5, 0.6) is 5.75 Å². The molecule has 4 heteroatoms. The fraction of sp³-hybridized carbons (Fsp3) is 0.550. The van der Waals surface area contributed by atoms with E-state index in [4.69, 9.17) is 9.47 Å². The number of Topliss-reactive ketones (excluding diaryl/α,β-unsaturated/α-hetero) is 1. The van der Waals surface area contributed by atoms with Crippen molar-refractivity contribution in [1.82, 2.24) is 0 Å². The zero-order valence-electron chi connectivity index (χ0n) is 14.2. The van der Waals surface area contributed by atoms with Gasteiger partial charge in [-0.05, 0) is 62.8 Å². The second kappa shape index (κ2) is 5.62. The molecule has 1 aliphatic carbocycles. The Hall–Kier alpha value is -1.81. The zero-order valence-corrected chi connectivity index (χ0v) is 14.2. The highest BCUT2D eigenvalue weighted by molar-refractivity contribution is 6.22. The Balaban J connectivity index is 1.61. The number of aryl methyl sites for hydroxylation is 1. The summed E-state index contributed by atoms with van der Waals surface area (Å²) in [6, 6.07) is 5.98. The minimum atomic E-state index is -0.349. The molecule has 2 heterocycles. The van der Waals surface area contributed by atoms with Crippen molar-refractivity contribution in [2.24, 2.45) is 5.92 Å². The van der Waals surface area contributed by atoms with E-state index in [9.17, 15) is 9.90 Å². The predicted molar refractivity (Wildman–Crippen MR) is 90.7 cm³/mol. The third kappa shape index (κ3) is 2.73. The molecule has 1 saturated carbocycles. The van der Waals surface area contributed by atoms with Gasteiger partial charge < -0.3 is 14.6 Å². The third-order valence-electron chi connectivity index (χ3n) is 5.48. The van der Waals surface area contributed by atoms with E-state index in [1.807, 2.05) is 12.1 Å². The number of fused-ring (bicyclic) bond motifs is 2. The van der Waals surface area contributed by atoms with Crippen LogP contribution in [0.3, 0.4) is 0 Å². The van der Waals surface area contributed by atoms with Crippen molar-refractivity contribution in [3.8, 4) is 5.75 Å². The van der Waals surface area contributed by atoms with Crippen molar-refractivity contribution in [3.63, 3.8) is 0 Å². The van der Waals surface area contributed by atoms with Gasteiger partial charge in [0.2, 0.25) is 0 Å². The van der Waals surface area contributed by atoms with Gasteiger partial charge in [-0.15, -0.1) is 0 Å². The van der Waals surface area contributed by atoms with Gasteiger partial charge in [-0.3, -0.25) is 4.79 Å². The largest absolute Gasteiger partial charge is 0.496 e. The number of allylic oxidation sites excluding steroid dienone is 1. The lowest BCUT2D eigenvalue weighted by Gasteiger charge is -2.36. The fourth-order valence-electron chi connectivity index (χ4n) is 4.01. The van der Waals surface area contributed by atoms with Gasteiger partial charge in [-0.2, -0.15) is 0 Å². The predicted octanol–water partition coefficient (Wildman–Crippen LogP) is 3.26. The number of aliphatic hydroxyl groups is 1. The third-order valence-corrected chi connectivity index (χ3v) is 5.48. The molecule has 0 bridgehead atoms. The van der Waals surface area contributed by atoms with Crippen LogP contribution in [0.15, 0.2) is 24.5 Å². The van der Waals surface area contributed by atoms with Crippen LogP contribution in [0.1, 0.15) is 50.7 Å². The Bertz CT molecular complexity index is 704. The van der Waals surface area contributed by atoms with E-state index in [1.165, 1.54) is 0 Å². The van der Waals surface area contributed by atoms with Gasteiger partial charge in [-0.25, -0.2) is 0 Å². The smallest absolute Gasteiger partial charge is 0.173 e. The van der Waals surface area contributed by atoms with Crippen LogP contribution in [0.25, 0.3) is 5.57 Å². The molecule has 1 aromatic rings. The van der Waals surface area contributed by atoms with E-state index in [2.05, 4.69) is 19.9 Å². The molecule has 2 aliphatic heterocycles. The Labute approximate surface area is 142 Å². The average molecular weight is 328 g/mol. The number of ether oxygens (including phenoxy) is 2. The summed E-state index contributed by atoms with van der Waals surface area (Å²) in [5.41, 5.74) is 2.59. The number of benzene rings is 1. The summed E-state index contributed by atoms with van der Waals surface area (Å²) in [6.07, 6.45) is 4.92. The zero-order chi connectivity index (χ0) is 16.9. The molecule has 24 heavy (non-hydrogen) atoms. The first-order chi connectivity index (χ1) is 11.4. The topological polar surface area (TPSA) is 55.8 Å². The maximum atomic E-state index is 12.9. The molecule has 0 amide bonds. The first-order valence-electron chi connectivity index (χ1n) is 8.83. The Morgan fingerprint density at radius 1 is 1.25 bits per heavy atom. The molecule has 0 saturated heterocycles. The molecule has 3 aliphatic rings. The normalized spacial score (nSPS) is 31.2. The van der Waals surface area contributed by atoms with Gasteiger partial charge in [-0.1, -0.05) is 6.07 Å². The highest BCUT2D eigenvalue weighted by atomic mass is 16.5. The molecule has 128 valence electrons.